The van der Waals surface area contributed by atoms with Crippen molar-refractivity contribution in [3.05, 3.63) is 30.3 Å². The van der Waals surface area contributed by atoms with Gasteiger partial charge in [-0.05, 0) is 35.0 Å². The summed E-state index contributed by atoms with van der Waals surface area (Å²) in [4.78, 5) is -1.17. The molecule has 0 aromatic heterocycles. The molecule has 2 aromatic carbocycles. The Hall–Kier alpha value is -0.680. The molecule has 0 saturated carbocycles. The molecule has 0 saturated heterocycles. The Morgan fingerprint density at radius 3 is 1.90 bits per heavy atom. The van der Waals surface area contributed by atoms with Crippen LogP contribution in [-0.2, 0) is 20.2 Å². The molecular formula is C10H9NaO7S2. The van der Waals surface area contributed by atoms with Crippen molar-refractivity contribution in [3.63, 3.8) is 0 Å². The molecule has 0 spiro atoms. The van der Waals surface area contributed by atoms with Crippen LogP contribution >= 0.6 is 0 Å². The van der Waals surface area contributed by atoms with E-state index >= 15 is 0 Å². The van der Waals surface area contributed by atoms with Gasteiger partial charge in [-0.25, -0.2) is 0 Å². The molecule has 0 aliphatic heterocycles. The van der Waals surface area contributed by atoms with Crippen molar-refractivity contribution < 1.29 is 31.0 Å². The van der Waals surface area contributed by atoms with Gasteiger partial charge in [-0.15, -0.1) is 0 Å². The number of benzene rings is 2. The van der Waals surface area contributed by atoms with E-state index in [1.807, 2.05) is 0 Å². The van der Waals surface area contributed by atoms with Crippen LogP contribution < -0.4 is 0 Å². The summed E-state index contributed by atoms with van der Waals surface area (Å²) in [5.74, 6) is -0.658. The molecule has 0 bridgehead atoms. The average molecular weight is 328 g/mol. The van der Waals surface area contributed by atoms with Crippen LogP contribution in [0.4, 0.5) is 0 Å². The molecule has 2 aromatic rings. The van der Waals surface area contributed by atoms with E-state index in [9.17, 15) is 21.9 Å². The molecule has 0 unspecified atom stereocenters. The number of rotatable bonds is 2. The first-order valence-electron chi connectivity index (χ1n) is 4.81. The van der Waals surface area contributed by atoms with Gasteiger partial charge in [0.15, 0.2) is 0 Å². The van der Waals surface area contributed by atoms with Crippen molar-refractivity contribution in [3.8, 4) is 5.75 Å². The fraction of sp³-hybridized carbons (Fsp3) is 0. The van der Waals surface area contributed by atoms with Crippen LogP contribution in [0, 0.1) is 0 Å². The molecule has 20 heavy (non-hydrogen) atoms. The Bertz CT molecular complexity index is 872. The number of aromatic hydroxyl groups is 1. The van der Waals surface area contributed by atoms with E-state index in [4.69, 9.17) is 9.11 Å². The van der Waals surface area contributed by atoms with Gasteiger partial charge in [-0.3, -0.25) is 9.11 Å². The second kappa shape index (κ2) is 5.60. The zero-order chi connectivity index (χ0) is 14.4. The summed E-state index contributed by atoms with van der Waals surface area (Å²) in [7, 11) is -9.06. The first kappa shape index (κ1) is 17.4. The van der Waals surface area contributed by atoms with Gasteiger partial charge in [0.25, 0.3) is 20.2 Å². The first-order valence-corrected chi connectivity index (χ1v) is 7.69. The van der Waals surface area contributed by atoms with Crippen LogP contribution in [0.15, 0.2) is 40.1 Å². The predicted molar refractivity (Wildman–Crippen MR) is 72.4 cm³/mol. The van der Waals surface area contributed by atoms with Crippen molar-refractivity contribution in [2.24, 2.45) is 0 Å². The average Bonchev–Trinajstić information content (AvgIpc) is 2.24. The maximum absolute atomic E-state index is 11.0. The third kappa shape index (κ3) is 3.50. The molecule has 10 heteroatoms. The molecular weight excluding hydrogens is 319 g/mol. The molecule has 0 amide bonds. The van der Waals surface area contributed by atoms with Gasteiger partial charge in [0, 0.05) is 0 Å². The van der Waals surface area contributed by atoms with Crippen molar-refractivity contribution in [2.45, 2.75) is 9.79 Å². The summed E-state index contributed by atoms with van der Waals surface area (Å²) >= 11 is 0. The van der Waals surface area contributed by atoms with Gasteiger partial charge in [-0.1, -0.05) is 6.07 Å². The zero-order valence-corrected chi connectivity index (χ0v) is 10.8. The number of phenols is 1. The van der Waals surface area contributed by atoms with E-state index in [0.717, 1.165) is 24.3 Å². The van der Waals surface area contributed by atoms with Crippen LogP contribution in [0.2, 0.25) is 0 Å². The molecule has 0 heterocycles. The number of hydrogen-bond donors (Lipinski definition) is 3. The molecule has 0 fully saturated rings. The van der Waals surface area contributed by atoms with E-state index in [-0.39, 0.29) is 34.9 Å². The molecule has 0 atom stereocenters. The van der Waals surface area contributed by atoms with Crippen LogP contribution in [-0.4, -0.2) is 60.6 Å². The van der Waals surface area contributed by atoms with E-state index in [1.54, 1.807) is 0 Å². The summed E-state index contributed by atoms with van der Waals surface area (Å²) in [6.45, 7) is 0. The Balaban J connectivity index is 0.00000200. The Morgan fingerprint density at radius 1 is 0.800 bits per heavy atom. The van der Waals surface area contributed by atoms with Gasteiger partial charge in [0.2, 0.25) is 0 Å². The predicted octanol–water partition coefficient (Wildman–Crippen LogP) is 0.390. The monoisotopic (exact) mass is 328 g/mol. The molecule has 0 radical (unpaired) electrons. The Labute approximate surface area is 137 Å². The molecule has 0 aliphatic rings. The fourth-order valence-electron chi connectivity index (χ4n) is 1.61. The Morgan fingerprint density at radius 2 is 1.40 bits per heavy atom. The second-order valence-corrected chi connectivity index (χ2v) is 6.59. The number of fused-ring (bicyclic) bond motifs is 1. The van der Waals surface area contributed by atoms with Gasteiger partial charge >= 0.3 is 29.6 Å². The van der Waals surface area contributed by atoms with E-state index in [2.05, 4.69) is 0 Å². The van der Waals surface area contributed by atoms with Crippen molar-refractivity contribution in [2.75, 3.05) is 0 Å². The minimum atomic E-state index is -4.64. The molecule has 104 valence electrons. The zero-order valence-electron chi connectivity index (χ0n) is 9.18. The van der Waals surface area contributed by atoms with Crippen molar-refractivity contribution in [1.29, 1.82) is 0 Å². The topological polar surface area (TPSA) is 129 Å². The third-order valence-corrected chi connectivity index (χ3v) is 4.20. The van der Waals surface area contributed by atoms with Crippen molar-refractivity contribution in [1.82, 2.24) is 0 Å². The van der Waals surface area contributed by atoms with E-state index < -0.39 is 35.8 Å². The molecule has 7 nitrogen and oxygen atoms in total. The summed E-state index contributed by atoms with van der Waals surface area (Å²) in [6, 6.07) is 5.38. The summed E-state index contributed by atoms with van der Waals surface area (Å²) in [5.41, 5.74) is 0. The van der Waals surface area contributed by atoms with Crippen LogP contribution in [0.1, 0.15) is 0 Å². The van der Waals surface area contributed by atoms with E-state index in [1.165, 1.54) is 6.07 Å². The van der Waals surface area contributed by atoms with Crippen LogP contribution in [0.5, 0.6) is 5.75 Å². The fourth-order valence-corrected chi connectivity index (χ4v) is 2.72. The van der Waals surface area contributed by atoms with Crippen LogP contribution in [0.25, 0.3) is 10.8 Å². The standard InChI is InChI=1S/C10H8O7S2.Na.H/c11-9-4-6-1-2-8(18(12,13)14)3-7(6)5-10(9)19(15,16)17;;/h1-5,11H,(H,12,13,14)(H,15,16,17);;. The second-order valence-electron chi connectivity index (χ2n) is 3.78. The molecule has 2 rings (SSSR count). The van der Waals surface area contributed by atoms with Gasteiger partial charge in [0.1, 0.15) is 10.6 Å². The molecule has 3 N–H and O–H groups in total. The van der Waals surface area contributed by atoms with Gasteiger partial charge in [-0.2, -0.15) is 16.8 Å². The van der Waals surface area contributed by atoms with Gasteiger partial charge in [0.05, 0.1) is 4.90 Å². The Kier molecular flexibility index (Phi) is 4.87. The van der Waals surface area contributed by atoms with Crippen molar-refractivity contribution >= 4 is 60.6 Å². The summed E-state index contributed by atoms with van der Waals surface area (Å²) < 4.78 is 61.7. The number of hydrogen-bond acceptors (Lipinski definition) is 5. The maximum atomic E-state index is 11.0. The summed E-state index contributed by atoms with van der Waals surface area (Å²) in [5, 5.41) is 9.94. The van der Waals surface area contributed by atoms with Crippen LogP contribution in [0.3, 0.4) is 0 Å². The van der Waals surface area contributed by atoms with E-state index in [0.29, 0.717) is 5.39 Å². The third-order valence-electron chi connectivity index (χ3n) is 2.47. The minimum absolute atomic E-state index is 0. The van der Waals surface area contributed by atoms with Gasteiger partial charge < -0.3 is 5.11 Å². The SMILES string of the molecule is O=S(=O)(O)c1ccc2cc(O)c(S(=O)(=O)O)cc2c1.[NaH]. The quantitative estimate of drug-likeness (QED) is 0.537. The number of phenolic OH excluding ortho intramolecular Hbond substituents is 1. The molecule has 0 aliphatic carbocycles. The summed E-state index contributed by atoms with van der Waals surface area (Å²) in [6.07, 6.45) is 0. The normalized spacial score (nSPS) is 12.1. The first-order chi connectivity index (χ1) is 8.59.